The van der Waals surface area contributed by atoms with E-state index in [4.69, 9.17) is 11.6 Å². The number of rotatable bonds is 2. The Morgan fingerprint density at radius 3 is 2.48 bits per heavy atom. The van der Waals surface area contributed by atoms with Gasteiger partial charge in [0.1, 0.15) is 11.2 Å². The fraction of sp³-hybridized carbons (Fsp3) is 0.467. The summed E-state index contributed by atoms with van der Waals surface area (Å²) in [4.78, 5) is 12.6. The monoisotopic (exact) mass is 372 g/mol. The lowest BCUT2D eigenvalue weighted by atomic mass is 9.81. The number of nitrogens with zero attached hydrogens (tertiary/aromatic N) is 1. The summed E-state index contributed by atoms with van der Waals surface area (Å²) in [6, 6.07) is 4.55. The lowest BCUT2D eigenvalue weighted by molar-refractivity contribution is -0.123. The van der Waals surface area contributed by atoms with Gasteiger partial charge in [0, 0.05) is 4.47 Å². The summed E-state index contributed by atoms with van der Waals surface area (Å²) in [5.74, 6) is -0.851. The number of nitrogens with one attached hydrogen (secondary N) is 1. The number of anilines is 1. The van der Waals surface area contributed by atoms with Crippen molar-refractivity contribution >= 4 is 39.1 Å². The lowest BCUT2D eigenvalue weighted by Crippen LogP contribution is -2.34. The number of benzene rings is 1. The summed E-state index contributed by atoms with van der Waals surface area (Å²) in [7, 11) is 0. The number of hydrogen-bond acceptors (Lipinski definition) is 2. The largest absolute Gasteiger partial charge is 0.322 e. The Morgan fingerprint density at radius 1 is 1.33 bits per heavy atom. The molecule has 112 valence electrons. The van der Waals surface area contributed by atoms with Crippen LogP contribution < -0.4 is 5.32 Å². The molecule has 1 fully saturated rings. The normalized spacial score (nSPS) is 17.6. The predicted octanol–water partition coefficient (Wildman–Crippen LogP) is 5.04. The van der Waals surface area contributed by atoms with Crippen LogP contribution in [0.3, 0.4) is 0 Å². The minimum atomic E-state index is -1.02. The van der Waals surface area contributed by atoms with Gasteiger partial charge in [-0.05, 0) is 40.9 Å². The third-order valence-corrected chi connectivity index (χ3v) is 4.77. The maximum Gasteiger partial charge on any atom is 0.244 e. The molecule has 1 aromatic carbocycles. The van der Waals surface area contributed by atoms with Crippen LogP contribution in [-0.2, 0) is 4.79 Å². The van der Waals surface area contributed by atoms with Crippen molar-refractivity contribution in [3.05, 3.63) is 27.4 Å². The predicted molar refractivity (Wildman–Crippen MR) is 83.5 cm³/mol. The van der Waals surface area contributed by atoms with E-state index in [0.29, 0.717) is 23.0 Å². The Kier molecular flexibility index (Phi) is 5.23. The van der Waals surface area contributed by atoms with Crippen LogP contribution in [-0.4, -0.2) is 5.91 Å². The molecule has 0 atom stereocenters. The van der Waals surface area contributed by atoms with E-state index in [9.17, 15) is 14.4 Å². The highest BCUT2D eigenvalue weighted by Crippen LogP contribution is 2.38. The highest BCUT2D eigenvalue weighted by atomic mass is 79.9. The fourth-order valence-electron chi connectivity index (χ4n) is 2.62. The van der Waals surface area contributed by atoms with Crippen LogP contribution in [0.2, 0.25) is 5.02 Å². The van der Waals surface area contributed by atoms with Crippen molar-refractivity contribution < 1.29 is 9.18 Å². The molecule has 0 unspecified atom stereocenters. The maximum atomic E-state index is 13.2. The number of hydrogen-bond donors (Lipinski definition) is 1. The van der Waals surface area contributed by atoms with Gasteiger partial charge in [0.2, 0.25) is 5.91 Å². The van der Waals surface area contributed by atoms with Crippen LogP contribution in [0.1, 0.15) is 38.5 Å². The van der Waals surface area contributed by atoms with Crippen LogP contribution in [0.5, 0.6) is 0 Å². The van der Waals surface area contributed by atoms with Crippen molar-refractivity contribution in [2.45, 2.75) is 38.5 Å². The Balaban J connectivity index is 2.26. The van der Waals surface area contributed by atoms with Crippen molar-refractivity contribution in [2.75, 3.05) is 5.32 Å². The minimum Gasteiger partial charge on any atom is -0.322 e. The highest BCUT2D eigenvalue weighted by Gasteiger charge is 2.39. The minimum absolute atomic E-state index is 0.108. The number of carbonyl (C=O) groups is 1. The first-order valence-electron chi connectivity index (χ1n) is 6.86. The topological polar surface area (TPSA) is 52.9 Å². The first-order chi connectivity index (χ1) is 9.98. The molecule has 0 heterocycles. The zero-order chi connectivity index (χ0) is 15.5. The lowest BCUT2D eigenvalue weighted by Gasteiger charge is -2.24. The Morgan fingerprint density at radius 2 is 1.95 bits per heavy atom. The van der Waals surface area contributed by atoms with Crippen LogP contribution >= 0.6 is 27.5 Å². The molecule has 1 amide bonds. The van der Waals surface area contributed by atoms with E-state index in [-0.39, 0.29) is 10.9 Å². The first kappa shape index (κ1) is 16.3. The van der Waals surface area contributed by atoms with E-state index in [0.717, 1.165) is 31.7 Å². The summed E-state index contributed by atoms with van der Waals surface area (Å²) in [6.07, 6.45) is 4.89. The molecule has 0 aromatic heterocycles. The van der Waals surface area contributed by atoms with Crippen molar-refractivity contribution in [3.63, 3.8) is 0 Å². The Labute approximate surface area is 136 Å². The van der Waals surface area contributed by atoms with Gasteiger partial charge in [-0.25, -0.2) is 4.39 Å². The molecule has 6 heteroatoms. The average Bonchev–Trinajstić information content (AvgIpc) is 2.68. The third-order valence-electron chi connectivity index (χ3n) is 3.85. The number of carbonyl (C=O) groups excluding carboxylic acids is 1. The van der Waals surface area contributed by atoms with E-state index in [1.54, 1.807) is 0 Å². The van der Waals surface area contributed by atoms with Crippen molar-refractivity contribution in [2.24, 2.45) is 5.41 Å². The molecule has 0 saturated heterocycles. The summed E-state index contributed by atoms with van der Waals surface area (Å²) >= 11 is 9.15. The van der Waals surface area contributed by atoms with E-state index < -0.39 is 11.2 Å². The first-order valence-corrected chi connectivity index (χ1v) is 8.03. The molecule has 0 spiro atoms. The Hall–Kier alpha value is -1.12. The van der Waals surface area contributed by atoms with Gasteiger partial charge in [-0.15, -0.1) is 0 Å². The van der Waals surface area contributed by atoms with Gasteiger partial charge in [-0.3, -0.25) is 4.79 Å². The molecule has 1 aliphatic carbocycles. The number of nitriles is 1. The summed E-state index contributed by atoms with van der Waals surface area (Å²) in [6.45, 7) is 0. The molecule has 21 heavy (non-hydrogen) atoms. The number of amides is 1. The van der Waals surface area contributed by atoms with Gasteiger partial charge in [0.25, 0.3) is 0 Å². The van der Waals surface area contributed by atoms with Crippen molar-refractivity contribution in [1.82, 2.24) is 0 Å². The van der Waals surface area contributed by atoms with Crippen LogP contribution in [0.25, 0.3) is 0 Å². The molecule has 1 aliphatic rings. The van der Waals surface area contributed by atoms with Crippen LogP contribution in [0, 0.1) is 22.6 Å². The van der Waals surface area contributed by atoms with E-state index in [1.807, 2.05) is 0 Å². The second kappa shape index (κ2) is 6.76. The third kappa shape index (κ3) is 3.56. The average molecular weight is 374 g/mol. The van der Waals surface area contributed by atoms with Crippen molar-refractivity contribution in [1.29, 1.82) is 5.26 Å². The van der Waals surface area contributed by atoms with Gasteiger partial charge in [0.05, 0.1) is 16.8 Å². The molecular weight excluding hydrogens is 359 g/mol. The van der Waals surface area contributed by atoms with Gasteiger partial charge in [-0.1, -0.05) is 37.3 Å². The van der Waals surface area contributed by atoms with E-state index >= 15 is 0 Å². The summed E-state index contributed by atoms with van der Waals surface area (Å²) in [5, 5.41) is 12.3. The van der Waals surface area contributed by atoms with Gasteiger partial charge in [0.15, 0.2) is 0 Å². The molecule has 1 N–H and O–H groups in total. The zero-order valence-corrected chi connectivity index (χ0v) is 13.7. The van der Waals surface area contributed by atoms with E-state index in [2.05, 4.69) is 27.3 Å². The molecular formula is C15H15BrClFN2O. The standard InChI is InChI=1S/C15H15BrClFN2O/c16-11-7-10(18)8-12(17)13(11)20-14(21)15(9-19)5-3-1-2-4-6-15/h7-8H,1-6H2,(H,20,21). The second-order valence-corrected chi connectivity index (χ2v) is 6.57. The number of halogens is 3. The summed E-state index contributed by atoms with van der Waals surface area (Å²) < 4.78 is 13.6. The SMILES string of the molecule is N#CC1(C(=O)Nc2c(Cl)cc(F)cc2Br)CCCCCC1. The second-order valence-electron chi connectivity index (χ2n) is 5.31. The van der Waals surface area contributed by atoms with Gasteiger partial charge in [-0.2, -0.15) is 5.26 Å². The van der Waals surface area contributed by atoms with Gasteiger partial charge >= 0.3 is 0 Å². The zero-order valence-electron chi connectivity index (χ0n) is 11.4. The molecule has 1 saturated carbocycles. The van der Waals surface area contributed by atoms with Crippen molar-refractivity contribution in [3.8, 4) is 6.07 Å². The van der Waals surface area contributed by atoms with Crippen LogP contribution in [0.4, 0.5) is 10.1 Å². The summed E-state index contributed by atoms with van der Waals surface area (Å²) in [5.41, 5.74) is -0.713. The van der Waals surface area contributed by atoms with E-state index in [1.165, 1.54) is 6.07 Å². The molecule has 1 aromatic rings. The van der Waals surface area contributed by atoms with Crippen LogP contribution in [0.15, 0.2) is 16.6 Å². The quantitative estimate of drug-likeness (QED) is 0.738. The Bertz CT molecular complexity index is 569. The smallest absolute Gasteiger partial charge is 0.244 e. The van der Waals surface area contributed by atoms with Gasteiger partial charge < -0.3 is 5.32 Å². The fourth-order valence-corrected chi connectivity index (χ4v) is 3.52. The molecule has 0 bridgehead atoms. The molecule has 0 aliphatic heterocycles. The maximum absolute atomic E-state index is 13.2. The molecule has 3 nitrogen and oxygen atoms in total. The highest BCUT2D eigenvalue weighted by molar-refractivity contribution is 9.10. The molecule has 2 rings (SSSR count). The molecule has 0 radical (unpaired) electrons.